The van der Waals surface area contributed by atoms with Crippen molar-refractivity contribution in [3.63, 3.8) is 0 Å². The molecule has 3 aliphatic heterocycles. The second kappa shape index (κ2) is 62.2. The summed E-state index contributed by atoms with van der Waals surface area (Å²) in [4.78, 5) is 87.0. The maximum Gasteiger partial charge on any atom is 0.267 e. The van der Waals surface area contributed by atoms with Gasteiger partial charge >= 0.3 is 0 Å². The highest BCUT2D eigenvalue weighted by molar-refractivity contribution is 7.51. The van der Waals surface area contributed by atoms with E-state index in [9.17, 15) is 103 Å². The second-order valence-electron chi connectivity index (χ2n) is 28.5. The van der Waals surface area contributed by atoms with Gasteiger partial charge in [-0.3, -0.25) is 28.1 Å². The summed E-state index contributed by atoms with van der Waals surface area (Å²) in [6, 6.07) is -3.21. The van der Waals surface area contributed by atoms with Crippen LogP contribution in [0.15, 0.2) is 0 Å². The molecule has 116 heavy (non-hydrogen) atoms. The van der Waals surface area contributed by atoms with Crippen LogP contribution in [0.2, 0.25) is 0 Å². The molecular weight excluding hydrogens is 1630 g/mol. The summed E-state index contributed by atoms with van der Waals surface area (Å²) < 4.78 is 155. The Hall–Kier alpha value is -1.99. The third-order valence-corrected chi connectivity index (χ3v) is 21.2. The predicted molar refractivity (Wildman–Crippen MR) is 400 cm³/mol. The first-order valence-corrected chi connectivity index (χ1v) is 45.5. The molecule has 0 aromatic carbocycles. The minimum atomic E-state index is -4.90. The lowest BCUT2D eigenvalue weighted by molar-refractivity contribution is -0.270. The molecule has 0 aliphatic carbocycles. The zero-order valence-electron chi connectivity index (χ0n) is 67.8. The summed E-state index contributed by atoms with van der Waals surface area (Å²) in [7, 11) is -18.0. The third kappa shape index (κ3) is 48.9. The van der Waals surface area contributed by atoms with Crippen LogP contribution in [0.3, 0.4) is 0 Å². The lowest BCUT2D eigenvalue weighted by atomic mass is 9.90. The summed E-state index contributed by atoms with van der Waals surface area (Å²) >= 11 is 0. The number of aliphatic hydroxyl groups excluding tert-OH is 10. The minimum absolute atomic E-state index is 0.00324. The number of methoxy groups -OCH3 is 1. The number of hydrogen-bond donors (Lipinski definition) is 13. The number of hydrogen-bond acceptors (Lipinski definition) is 40. The predicted octanol–water partition coefficient (Wildman–Crippen LogP) is -1.93. The van der Waals surface area contributed by atoms with Crippen molar-refractivity contribution in [1.82, 2.24) is 16.0 Å². The van der Waals surface area contributed by atoms with Crippen LogP contribution in [0.1, 0.15) is 151 Å². The molecule has 3 rings (SSSR count). The van der Waals surface area contributed by atoms with Crippen molar-refractivity contribution >= 4 is 48.8 Å². The Labute approximate surface area is 679 Å². The van der Waals surface area contributed by atoms with E-state index in [-0.39, 0.29) is 131 Å². The molecule has 0 saturated carbocycles. The number of amides is 3. The van der Waals surface area contributed by atoms with E-state index in [0.717, 1.165) is 5.92 Å². The fraction of sp³-hybridized carbons (Fsp3) is 0.957. The Morgan fingerprint density at radius 1 is 0.405 bits per heavy atom. The third-order valence-electron chi connectivity index (χ3n) is 17.2. The van der Waals surface area contributed by atoms with Crippen molar-refractivity contribution in [3.05, 3.63) is 0 Å². The van der Waals surface area contributed by atoms with Crippen LogP contribution in [0.25, 0.3) is 0 Å². The molecule has 0 spiro atoms. The average molecular weight is 1770 g/mol. The molecule has 0 bridgehead atoms. The van der Waals surface area contributed by atoms with Crippen molar-refractivity contribution in [2.45, 2.75) is 254 Å². The first kappa shape index (κ1) is 110. The molecule has 3 saturated heterocycles. The summed E-state index contributed by atoms with van der Waals surface area (Å²) in [5, 5.41) is 108. The normalized spacial score (nSPS) is 26.7. The van der Waals surface area contributed by atoms with Gasteiger partial charge in [-0.2, -0.15) is 0 Å². The quantitative estimate of drug-likeness (QED) is 0.0233. The fourth-order valence-electron chi connectivity index (χ4n) is 11.3. The minimum Gasteiger partial charge on any atom is -0.777 e. The average Bonchev–Trinajstić information content (AvgIpc) is 0.817. The van der Waals surface area contributed by atoms with Crippen molar-refractivity contribution in [3.8, 4) is 0 Å². The van der Waals surface area contributed by atoms with Gasteiger partial charge in [0.25, 0.3) is 23.5 Å². The van der Waals surface area contributed by atoms with E-state index in [0.29, 0.717) is 71.0 Å². The number of unbranched alkanes of at least 4 members (excludes halogenated alkanes) is 8. The SMILES string of the molecule is CC(C)C.COCCCOC(CO)COCCCOP(=O)([O-])COC(COCCCOP(=O)([O-])OCCCCCCO[C@@H]1OC(CO)[C@H](O)[C@H](O)C1NC(C)=O)(COCCCOP(=O)([O-])OCCCCCCO[C@@H]1OC(CO)[C@H](O)[C@H](O)C1NC(C)=O)COCCCOP(=O)([O-])OCCCCC[C@@H]1OC(CO)[C@H](O)C(O)[C@@H]1NC(C)=O. The molecule has 0 aromatic rings. The van der Waals surface area contributed by atoms with Crippen LogP contribution in [0.5, 0.6) is 0 Å². The van der Waals surface area contributed by atoms with Crippen LogP contribution in [-0.4, -0.2) is 338 Å². The molecule has 688 valence electrons. The van der Waals surface area contributed by atoms with Gasteiger partial charge in [-0.15, -0.1) is 0 Å². The highest BCUT2D eigenvalue weighted by atomic mass is 31.2. The molecule has 13 N–H and O–H groups in total. The molecule has 0 radical (unpaired) electrons. The lowest BCUT2D eigenvalue weighted by Gasteiger charge is -2.42. The first-order chi connectivity index (χ1) is 55.0. The Bertz CT molecular complexity index is 2670. The zero-order valence-corrected chi connectivity index (χ0v) is 71.4. The Morgan fingerprint density at radius 3 is 1.10 bits per heavy atom. The van der Waals surface area contributed by atoms with Gasteiger partial charge in [0.15, 0.2) is 20.2 Å². The van der Waals surface area contributed by atoms with E-state index in [1.54, 1.807) is 0 Å². The topological polar surface area (TPSA) is 625 Å². The van der Waals surface area contributed by atoms with Crippen LogP contribution >= 0.6 is 31.1 Å². The lowest BCUT2D eigenvalue weighted by Crippen LogP contribution is -2.64. The highest BCUT2D eigenvalue weighted by Crippen LogP contribution is 2.42. The van der Waals surface area contributed by atoms with E-state index in [4.69, 9.17) is 88.5 Å². The maximum atomic E-state index is 13.5. The second-order valence-corrected chi connectivity index (χ2v) is 34.5. The molecular formula is C69H133N3O40P4-4. The Kier molecular flexibility index (Phi) is 59.0. The molecule has 47 heteroatoms. The van der Waals surface area contributed by atoms with Gasteiger partial charge in [-0.1, -0.05) is 59.3 Å². The van der Waals surface area contributed by atoms with Crippen molar-refractivity contribution in [2.75, 3.05) is 165 Å². The highest BCUT2D eigenvalue weighted by Gasteiger charge is 2.48. The summed E-state index contributed by atoms with van der Waals surface area (Å²) in [6.45, 7) is 3.95. The maximum absolute atomic E-state index is 13.5. The van der Waals surface area contributed by atoms with Crippen LogP contribution in [-0.2, 0) is 121 Å². The molecule has 3 fully saturated rings. The van der Waals surface area contributed by atoms with Crippen LogP contribution < -0.4 is 35.5 Å². The van der Waals surface area contributed by atoms with Gasteiger partial charge in [-0.25, -0.2) is 0 Å². The largest absolute Gasteiger partial charge is 0.777 e. The zero-order chi connectivity index (χ0) is 86.6. The van der Waals surface area contributed by atoms with E-state index >= 15 is 0 Å². The summed E-state index contributed by atoms with van der Waals surface area (Å²) in [6.07, 6.45) is -12.2. The smallest absolute Gasteiger partial charge is 0.267 e. The number of carbonyl (C=O) groups excluding carboxylic acids is 3. The number of ether oxygens (including phenoxy) is 12. The monoisotopic (exact) mass is 1770 g/mol. The van der Waals surface area contributed by atoms with Crippen LogP contribution in [0.4, 0.5) is 0 Å². The molecule has 0 aromatic heterocycles. The number of nitrogens with one attached hydrogen (secondary N) is 3. The van der Waals surface area contributed by atoms with Gasteiger partial charge in [0, 0.05) is 80.7 Å². The van der Waals surface area contributed by atoms with E-state index < -0.39 is 218 Å². The van der Waals surface area contributed by atoms with Crippen molar-refractivity contribution < 1.29 is 192 Å². The van der Waals surface area contributed by atoms with Gasteiger partial charge in [0.2, 0.25) is 17.7 Å². The van der Waals surface area contributed by atoms with Gasteiger partial charge in [-0.05, 0) is 76.5 Å². The standard InChI is InChI=1S/C65H127N3O40P4.C4H10/c1-46(73)66-54-50(106-51(38-70)57(76)60(54)79)21-10-9-15-32-102-112(88,89)105-36-20-26-94-44-65(98-45-109(82,83)99-33-17-23-91-41-49(37-69)95-29-16-22-90-4,42-92-24-18-34-103-110(84,85)100-30-13-7-5-11-27-96-63-55(67-47(2)74)61(80)58(77)52(39-71)107-63)43-93-25-19-35-104-111(86,87)101-31-14-8-6-12-28-97-64-56(68-48(3)75)62(81)59(78)53(40-72)108-64;1-4(2)3/h49-64,69-72,76-81H,5-45H2,1-4H3,(H,66,73)(H,67,74)(H,68,75)(H,82,83)(H,84,85)(H,86,87)(H,88,89);4H,1-3H3/p-4/t49?,50-,51?,52?,53?,54+,55?,56?,57-,58-,59-,60?,61+,62+,63+,64+,65?;/m0./s1. The van der Waals surface area contributed by atoms with E-state index in [2.05, 4.69) is 36.7 Å². The molecule has 3 amide bonds. The van der Waals surface area contributed by atoms with Gasteiger partial charge in [0.1, 0.15) is 85.1 Å². The molecule has 11 unspecified atom stereocenters. The first-order valence-electron chi connectivity index (χ1n) is 39.3. The molecule has 20 atom stereocenters. The number of carbonyl (C=O) groups is 3. The molecule has 3 aliphatic rings. The summed E-state index contributed by atoms with van der Waals surface area (Å²) in [5.74, 6) is -0.685. The van der Waals surface area contributed by atoms with Crippen molar-refractivity contribution in [1.29, 1.82) is 0 Å². The number of rotatable bonds is 68. The molecule has 3 heterocycles. The fourth-order valence-corrected chi connectivity index (χ4v) is 14.6. The Morgan fingerprint density at radius 2 is 0.733 bits per heavy atom. The summed E-state index contributed by atoms with van der Waals surface area (Å²) in [5.41, 5.74) is -1.88. The van der Waals surface area contributed by atoms with Crippen LogP contribution in [0, 0.1) is 5.92 Å². The number of aliphatic hydroxyl groups is 10. The number of phosphoric ester groups is 3. The molecule has 43 nitrogen and oxygen atoms in total. The Balaban J connectivity index is 0.0000111. The van der Waals surface area contributed by atoms with Gasteiger partial charge < -0.3 is 180 Å². The van der Waals surface area contributed by atoms with E-state index in [1.807, 2.05) is 0 Å². The van der Waals surface area contributed by atoms with E-state index in [1.165, 1.54) is 27.9 Å². The van der Waals surface area contributed by atoms with Crippen molar-refractivity contribution in [2.24, 2.45) is 5.92 Å². The van der Waals surface area contributed by atoms with Gasteiger partial charge in [0.05, 0.1) is 111 Å². The number of phosphoric acid groups is 3.